The minimum atomic E-state index is -1.25. The zero-order valence-corrected chi connectivity index (χ0v) is 17.7. The predicted molar refractivity (Wildman–Crippen MR) is 111 cm³/mol. The van der Waals surface area contributed by atoms with Crippen LogP contribution >= 0.6 is 0 Å². The van der Waals surface area contributed by atoms with Gasteiger partial charge in [0.25, 0.3) is 0 Å². The molecule has 2 atom stereocenters. The van der Waals surface area contributed by atoms with E-state index >= 15 is 0 Å². The molecule has 2 radical (unpaired) electrons. The first-order chi connectivity index (χ1) is 14.2. The van der Waals surface area contributed by atoms with E-state index in [0.29, 0.717) is 25.9 Å². The Morgan fingerprint density at radius 2 is 1.63 bits per heavy atom. The molecular formula is C19H34N6O5. The van der Waals surface area contributed by atoms with Crippen molar-refractivity contribution in [1.82, 2.24) is 21.3 Å². The molecule has 0 fully saturated rings. The summed E-state index contributed by atoms with van der Waals surface area (Å²) in [7, 11) is 0. The smallest absolute Gasteiger partial charge is 0.245 e. The molecule has 30 heavy (non-hydrogen) atoms. The first-order valence-corrected chi connectivity index (χ1v) is 10.1. The number of primary amides is 1. The molecule has 170 valence electrons. The van der Waals surface area contributed by atoms with Crippen LogP contribution in [0.2, 0.25) is 0 Å². The molecule has 0 aliphatic rings. The van der Waals surface area contributed by atoms with Crippen molar-refractivity contribution >= 4 is 29.4 Å². The SMILES string of the molecule is CCCC(=O)[CH]NC(=O)[CH]NC(=O)C(CC(N)=O)NC(=O)C(CCCCN)NCC. The van der Waals surface area contributed by atoms with Crippen LogP contribution in [0.25, 0.3) is 0 Å². The van der Waals surface area contributed by atoms with Crippen molar-refractivity contribution in [2.75, 3.05) is 13.1 Å². The van der Waals surface area contributed by atoms with Crippen LogP contribution in [0.5, 0.6) is 0 Å². The average Bonchev–Trinajstić information content (AvgIpc) is 2.69. The number of hydrogen-bond donors (Lipinski definition) is 6. The van der Waals surface area contributed by atoms with E-state index in [9.17, 15) is 24.0 Å². The van der Waals surface area contributed by atoms with Crippen LogP contribution in [0.3, 0.4) is 0 Å². The van der Waals surface area contributed by atoms with Gasteiger partial charge in [-0.3, -0.25) is 24.0 Å². The third-order valence-corrected chi connectivity index (χ3v) is 3.97. The summed E-state index contributed by atoms with van der Waals surface area (Å²) in [5.41, 5.74) is 10.6. The Morgan fingerprint density at radius 3 is 2.20 bits per heavy atom. The Bertz CT molecular complexity index is 584. The van der Waals surface area contributed by atoms with Gasteiger partial charge in [-0.2, -0.15) is 0 Å². The number of Topliss-reactive ketones (excluding diaryl/α,β-unsaturated/α-hetero) is 1. The lowest BCUT2D eigenvalue weighted by Crippen LogP contribution is -2.54. The maximum atomic E-state index is 12.5. The summed E-state index contributed by atoms with van der Waals surface area (Å²) in [6.45, 7) is 6.53. The fourth-order valence-corrected chi connectivity index (χ4v) is 2.50. The second kappa shape index (κ2) is 16.3. The van der Waals surface area contributed by atoms with Gasteiger partial charge in [-0.05, 0) is 32.4 Å². The van der Waals surface area contributed by atoms with Gasteiger partial charge in [-0.25, -0.2) is 0 Å². The van der Waals surface area contributed by atoms with Crippen LogP contribution in [0.15, 0.2) is 0 Å². The number of nitrogens with one attached hydrogen (secondary N) is 4. The van der Waals surface area contributed by atoms with Gasteiger partial charge in [0, 0.05) is 6.42 Å². The highest BCUT2D eigenvalue weighted by molar-refractivity contribution is 5.98. The maximum Gasteiger partial charge on any atom is 0.245 e. The van der Waals surface area contributed by atoms with E-state index in [0.717, 1.165) is 25.9 Å². The summed E-state index contributed by atoms with van der Waals surface area (Å²) in [6.07, 6.45) is 2.48. The molecule has 0 aliphatic heterocycles. The average molecular weight is 427 g/mol. The predicted octanol–water partition coefficient (Wildman–Crippen LogP) is -1.62. The van der Waals surface area contributed by atoms with E-state index < -0.39 is 42.1 Å². The lowest BCUT2D eigenvalue weighted by molar-refractivity contribution is -0.132. The monoisotopic (exact) mass is 426 g/mol. The zero-order valence-electron chi connectivity index (χ0n) is 17.7. The van der Waals surface area contributed by atoms with E-state index in [2.05, 4.69) is 21.3 Å². The highest BCUT2D eigenvalue weighted by Crippen LogP contribution is 2.03. The Morgan fingerprint density at radius 1 is 0.933 bits per heavy atom. The van der Waals surface area contributed by atoms with Gasteiger partial charge < -0.3 is 32.7 Å². The van der Waals surface area contributed by atoms with Crippen LogP contribution in [0, 0.1) is 13.1 Å². The minimum Gasteiger partial charge on any atom is -0.370 e. The second-order valence-electron chi connectivity index (χ2n) is 6.65. The lowest BCUT2D eigenvalue weighted by atomic mass is 10.1. The van der Waals surface area contributed by atoms with Crippen molar-refractivity contribution in [3.8, 4) is 0 Å². The summed E-state index contributed by atoms with van der Waals surface area (Å²) in [6, 6.07) is -1.81. The maximum absolute atomic E-state index is 12.5. The van der Waals surface area contributed by atoms with Crippen molar-refractivity contribution in [3.63, 3.8) is 0 Å². The Labute approximate surface area is 177 Å². The van der Waals surface area contributed by atoms with Crippen LogP contribution in [0.4, 0.5) is 0 Å². The molecular weight excluding hydrogens is 392 g/mol. The number of likely N-dealkylation sites (N-methyl/N-ethyl adjacent to an activating group) is 1. The second-order valence-corrected chi connectivity index (χ2v) is 6.65. The number of ketones is 1. The van der Waals surface area contributed by atoms with Crippen LogP contribution in [0.1, 0.15) is 52.4 Å². The van der Waals surface area contributed by atoms with E-state index in [1.807, 2.05) is 13.8 Å². The normalized spacial score (nSPS) is 12.5. The quantitative estimate of drug-likeness (QED) is 0.151. The van der Waals surface area contributed by atoms with Gasteiger partial charge in [-0.1, -0.05) is 20.3 Å². The minimum absolute atomic E-state index is 0.256. The van der Waals surface area contributed by atoms with Gasteiger partial charge in [0.05, 0.1) is 12.5 Å². The van der Waals surface area contributed by atoms with E-state index in [1.165, 1.54) is 0 Å². The van der Waals surface area contributed by atoms with Crippen molar-refractivity contribution in [3.05, 3.63) is 13.1 Å². The summed E-state index contributed by atoms with van der Waals surface area (Å²) < 4.78 is 0. The molecule has 4 amide bonds. The molecule has 0 bridgehead atoms. The van der Waals surface area contributed by atoms with Crippen LogP contribution in [-0.4, -0.2) is 54.6 Å². The summed E-state index contributed by atoms with van der Waals surface area (Å²) in [5.74, 6) is -3.02. The first kappa shape index (κ1) is 27.5. The number of carbonyl (C=O) groups excluding carboxylic acids is 5. The molecule has 2 unspecified atom stereocenters. The van der Waals surface area contributed by atoms with E-state index in [-0.39, 0.29) is 12.2 Å². The molecule has 0 aromatic rings. The molecule has 0 aromatic heterocycles. The highest BCUT2D eigenvalue weighted by atomic mass is 16.2. The van der Waals surface area contributed by atoms with Crippen LogP contribution < -0.4 is 32.7 Å². The standard InChI is InChI=1S/C19H34N6O5/c1-3-7-13(26)11-23-17(28)12-24-18(29)15(10-16(21)27)25-19(30)14(22-4-2)8-5-6-9-20/h11-12,14-15,22H,3-10,20H2,1-2H3,(H2,21,27)(H,23,28)(H,24,29)(H,25,30). The summed E-state index contributed by atoms with van der Waals surface area (Å²) in [5, 5.41) is 9.94. The molecule has 8 N–H and O–H groups in total. The number of unbranched alkanes of at least 4 members (excludes halogenated alkanes) is 1. The van der Waals surface area contributed by atoms with Crippen molar-refractivity contribution < 1.29 is 24.0 Å². The largest absolute Gasteiger partial charge is 0.370 e. The van der Waals surface area contributed by atoms with Crippen molar-refractivity contribution in [2.24, 2.45) is 11.5 Å². The number of hydrogen-bond acceptors (Lipinski definition) is 7. The van der Waals surface area contributed by atoms with E-state index in [1.54, 1.807) is 0 Å². The molecule has 0 heterocycles. The Hall–Kier alpha value is -2.53. The fraction of sp³-hybridized carbons (Fsp3) is 0.632. The molecule has 0 aliphatic carbocycles. The summed E-state index contributed by atoms with van der Waals surface area (Å²) in [4.78, 5) is 59.2. The third kappa shape index (κ3) is 12.8. The van der Waals surface area contributed by atoms with Crippen LogP contribution in [-0.2, 0) is 24.0 Å². The Kier molecular flexibility index (Phi) is 14.9. The lowest BCUT2D eigenvalue weighted by Gasteiger charge is -2.22. The number of amides is 4. The van der Waals surface area contributed by atoms with Gasteiger partial charge in [0.2, 0.25) is 23.6 Å². The molecule has 11 heteroatoms. The van der Waals surface area contributed by atoms with Gasteiger partial charge in [0.15, 0.2) is 5.78 Å². The van der Waals surface area contributed by atoms with E-state index in [4.69, 9.17) is 11.5 Å². The number of rotatable bonds is 17. The molecule has 11 nitrogen and oxygen atoms in total. The molecule has 0 spiro atoms. The Balaban J connectivity index is 4.77. The molecule has 0 saturated carbocycles. The molecule has 0 saturated heterocycles. The highest BCUT2D eigenvalue weighted by Gasteiger charge is 2.26. The van der Waals surface area contributed by atoms with Crippen molar-refractivity contribution in [2.45, 2.75) is 64.5 Å². The topological polar surface area (TPSA) is 186 Å². The molecule has 0 aromatic carbocycles. The molecule has 0 rings (SSSR count). The summed E-state index contributed by atoms with van der Waals surface area (Å²) >= 11 is 0. The number of carbonyl (C=O) groups is 5. The van der Waals surface area contributed by atoms with Crippen molar-refractivity contribution in [1.29, 1.82) is 0 Å². The first-order valence-electron chi connectivity index (χ1n) is 10.1. The van der Waals surface area contributed by atoms with Gasteiger partial charge in [0.1, 0.15) is 19.1 Å². The zero-order chi connectivity index (χ0) is 22.9. The van der Waals surface area contributed by atoms with Gasteiger partial charge in [-0.15, -0.1) is 0 Å². The number of nitrogens with two attached hydrogens (primary N) is 2. The fourth-order valence-electron chi connectivity index (χ4n) is 2.50. The van der Waals surface area contributed by atoms with Gasteiger partial charge >= 0.3 is 0 Å². The third-order valence-electron chi connectivity index (χ3n) is 3.97.